The van der Waals surface area contributed by atoms with Crippen LogP contribution >= 0.6 is 0 Å². The van der Waals surface area contributed by atoms with Crippen molar-refractivity contribution in [3.05, 3.63) is 89.5 Å². The summed E-state index contributed by atoms with van der Waals surface area (Å²) in [4.78, 5) is 29.2. The number of nitriles is 1. The van der Waals surface area contributed by atoms with Crippen molar-refractivity contribution in [1.82, 2.24) is 5.48 Å². The van der Waals surface area contributed by atoms with E-state index in [-0.39, 0.29) is 6.42 Å². The minimum absolute atomic E-state index is 0.120. The highest BCUT2D eigenvalue weighted by atomic mass is 16.7. The summed E-state index contributed by atoms with van der Waals surface area (Å²) >= 11 is 0. The average Bonchev–Trinajstić information content (AvgIpc) is 2.89. The molecule has 0 spiro atoms. The van der Waals surface area contributed by atoms with E-state index in [4.69, 9.17) is 19.6 Å². The second-order valence-corrected chi connectivity index (χ2v) is 7.25. The summed E-state index contributed by atoms with van der Waals surface area (Å²) < 4.78 is 11.4. The van der Waals surface area contributed by atoms with Crippen molar-refractivity contribution in [2.75, 3.05) is 12.4 Å². The van der Waals surface area contributed by atoms with E-state index in [0.29, 0.717) is 34.9 Å². The number of rotatable bonds is 9. The van der Waals surface area contributed by atoms with Gasteiger partial charge in [-0.3, -0.25) is 4.79 Å². The lowest BCUT2D eigenvalue weighted by atomic mass is 10.0. The Kier molecular flexibility index (Phi) is 8.47. The van der Waals surface area contributed by atoms with Crippen LogP contribution in [0.5, 0.6) is 11.5 Å². The van der Waals surface area contributed by atoms with Gasteiger partial charge in [0.2, 0.25) is 0 Å². The first kappa shape index (κ1) is 24.1. The quantitative estimate of drug-likeness (QED) is 0.460. The van der Waals surface area contributed by atoms with Gasteiger partial charge in [-0.1, -0.05) is 43.3 Å². The fourth-order valence-electron chi connectivity index (χ4n) is 3.06. The molecule has 0 saturated carbocycles. The molecule has 0 bridgehead atoms. The van der Waals surface area contributed by atoms with E-state index in [1.54, 1.807) is 49.4 Å². The molecule has 0 saturated heterocycles. The third-order valence-electron chi connectivity index (χ3n) is 4.90. The molecule has 2 N–H and O–H groups in total. The van der Waals surface area contributed by atoms with Crippen molar-refractivity contribution in [3.63, 3.8) is 0 Å². The lowest BCUT2D eigenvalue weighted by molar-refractivity contribution is -0.158. The minimum Gasteiger partial charge on any atom is -0.493 e. The molecule has 3 aromatic rings. The molecule has 1 amide bonds. The molecule has 1 atom stereocenters. The summed E-state index contributed by atoms with van der Waals surface area (Å²) in [6, 6.07) is 22.6. The first-order chi connectivity index (χ1) is 16.5. The number of carbonyl (C=O) groups is 2. The standard InChI is InChI=1S/C26H25N3O5/c1-3-24(30)34-29-26(31)25(28-21-12-9-18(16-27)10-13-21)20-11-14-22(23(15-20)32-2)33-17-19-7-5-4-6-8-19/h4-15,25,28H,3,17H2,1-2H3,(H,29,31)/t25-/m0/s1. The molecular weight excluding hydrogens is 434 g/mol. The van der Waals surface area contributed by atoms with Crippen molar-refractivity contribution < 1.29 is 23.9 Å². The van der Waals surface area contributed by atoms with Crippen LogP contribution < -0.4 is 20.3 Å². The zero-order chi connectivity index (χ0) is 24.3. The predicted octanol–water partition coefficient (Wildman–Crippen LogP) is 4.28. The number of hydrogen-bond donors (Lipinski definition) is 2. The van der Waals surface area contributed by atoms with Crippen LogP contribution in [0.15, 0.2) is 72.8 Å². The van der Waals surface area contributed by atoms with Crippen LogP contribution in [0.3, 0.4) is 0 Å². The van der Waals surface area contributed by atoms with E-state index in [1.165, 1.54) is 7.11 Å². The van der Waals surface area contributed by atoms with E-state index in [9.17, 15) is 9.59 Å². The Morgan fingerprint density at radius 3 is 2.38 bits per heavy atom. The number of benzene rings is 3. The zero-order valence-electron chi connectivity index (χ0n) is 18.9. The molecule has 8 nitrogen and oxygen atoms in total. The maximum Gasteiger partial charge on any atom is 0.331 e. The highest BCUT2D eigenvalue weighted by Crippen LogP contribution is 2.32. The topological polar surface area (TPSA) is 110 Å². The van der Waals surface area contributed by atoms with Crippen molar-refractivity contribution in [3.8, 4) is 17.6 Å². The van der Waals surface area contributed by atoms with E-state index in [0.717, 1.165) is 5.56 Å². The molecule has 3 aromatic carbocycles. The molecule has 0 aliphatic carbocycles. The first-order valence-corrected chi connectivity index (χ1v) is 10.6. The third kappa shape index (κ3) is 6.50. The molecule has 34 heavy (non-hydrogen) atoms. The molecule has 0 aliphatic heterocycles. The molecule has 0 fully saturated rings. The van der Waals surface area contributed by atoms with Crippen LogP contribution in [0.1, 0.15) is 36.1 Å². The number of carbonyl (C=O) groups excluding carboxylic acids is 2. The van der Waals surface area contributed by atoms with E-state index >= 15 is 0 Å². The van der Waals surface area contributed by atoms with Crippen LogP contribution in [-0.4, -0.2) is 19.0 Å². The van der Waals surface area contributed by atoms with E-state index in [2.05, 4.69) is 16.9 Å². The maximum absolute atomic E-state index is 12.9. The lowest BCUT2D eigenvalue weighted by Gasteiger charge is -2.21. The van der Waals surface area contributed by atoms with Gasteiger partial charge in [-0.2, -0.15) is 10.7 Å². The molecule has 0 aliphatic rings. The van der Waals surface area contributed by atoms with E-state index < -0.39 is 17.9 Å². The number of hydroxylamine groups is 1. The largest absolute Gasteiger partial charge is 0.493 e. The van der Waals surface area contributed by atoms with Crippen LogP contribution in [0.2, 0.25) is 0 Å². The fraction of sp³-hybridized carbons (Fsp3) is 0.192. The highest BCUT2D eigenvalue weighted by molar-refractivity contribution is 5.86. The number of methoxy groups -OCH3 is 1. The Morgan fingerprint density at radius 2 is 1.74 bits per heavy atom. The summed E-state index contributed by atoms with van der Waals surface area (Å²) in [6.07, 6.45) is 0.120. The Balaban J connectivity index is 1.84. The number of nitrogens with zero attached hydrogens (tertiary/aromatic N) is 1. The summed E-state index contributed by atoms with van der Waals surface area (Å²) in [6.45, 7) is 1.98. The first-order valence-electron chi connectivity index (χ1n) is 10.6. The molecule has 3 rings (SSSR count). The zero-order valence-corrected chi connectivity index (χ0v) is 18.9. The van der Waals surface area contributed by atoms with Gasteiger partial charge >= 0.3 is 5.97 Å². The van der Waals surface area contributed by atoms with Gasteiger partial charge in [-0.25, -0.2) is 4.79 Å². The molecule has 0 aromatic heterocycles. The van der Waals surface area contributed by atoms with Crippen molar-refractivity contribution >= 4 is 17.6 Å². The second-order valence-electron chi connectivity index (χ2n) is 7.25. The Bertz CT molecular complexity index is 1160. The van der Waals surface area contributed by atoms with Crippen LogP contribution in [0.4, 0.5) is 5.69 Å². The summed E-state index contributed by atoms with van der Waals surface area (Å²) in [5.41, 5.74) is 4.85. The predicted molar refractivity (Wildman–Crippen MR) is 126 cm³/mol. The summed E-state index contributed by atoms with van der Waals surface area (Å²) in [5.74, 6) is -0.178. The van der Waals surface area contributed by atoms with Crippen molar-refractivity contribution in [2.45, 2.75) is 26.0 Å². The van der Waals surface area contributed by atoms with Gasteiger partial charge in [0.25, 0.3) is 5.91 Å². The van der Waals surface area contributed by atoms with Gasteiger partial charge in [0.05, 0.1) is 18.7 Å². The number of amides is 1. The average molecular weight is 460 g/mol. The van der Waals surface area contributed by atoms with Gasteiger partial charge < -0.3 is 19.6 Å². The number of anilines is 1. The number of ether oxygens (including phenoxy) is 2. The summed E-state index contributed by atoms with van der Waals surface area (Å²) in [7, 11) is 1.51. The monoisotopic (exact) mass is 459 g/mol. The third-order valence-corrected chi connectivity index (χ3v) is 4.90. The van der Waals surface area contributed by atoms with Gasteiger partial charge in [-0.15, -0.1) is 0 Å². The normalized spacial score (nSPS) is 11.0. The van der Waals surface area contributed by atoms with Gasteiger partial charge in [-0.05, 0) is 47.5 Å². The molecule has 8 heteroatoms. The van der Waals surface area contributed by atoms with Crippen molar-refractivity contribution in [1.29, 1.82) is 5.26 Å². The number of nitrogens with one attached hydrogen (secondary N) is 2. The lowest BCUT2D eigenvalue weighted by Crippen LogP contribution is -2.35. The van der Waals surface area contributed by atoms with Crippen LogP contribution in [0, 0.1) is 11.3 Å². The fourth-order valence-corrected chi connectivity index (χ4v) is 3.06. The van der Waals surface area contributed by atoms with Gasteiger partial charge in [0.15, 0.2) is 11.5 Å². The van der Waals surface area contributed by atoms with Crippen LogP contribution in [0.25, 0.3) is 0 Å². The van der Waals surface area contributed by atoms with Gasteiger partial charge in [0, 0.05) is 12.1 Å². The Morgan fingerprint density at radius 1 is 1.00 bits per heavy atom. The van der Waals surface area contributed by atoms with Crippen LogP contribution in [-0.2, 0) is 21.0 Å². The SMILES string of the molecule is CCC(=O)ONC(=O)[C@@H](Nc1ccc(C#N)cc1)c1ccc(OCc2ccccc2)c(OC)c1. The highest BCUT2D eigenvalue weighted by Gasteiger charge is 2.23. The smallest absolute Gasteiger partial charge is 0.331 e. The molecule has 0 heterocycles. The van der Waals surface area contributed by atoms with Gasteiger partial charge in [0.1, 0.15) is 12.6 Å². The Hall–Kier alpha value is -4.51. The van der Waals surface area contributed by atoms with E-state index in [1.807, 2.05) is 30.3 Å². The molecule has 174 valence electrons. The molecule has 0 unspecified atom stereocenters. The maximum atomic E-state index is 12.9. The molecular formula is C26H25N3O5. The Labute approximate surface area is 198 Å². The minimum atomic E-state index is -0.922. The molecule has 0 radical (unpaired) electrons. The van der Waals surface area contributed by atoms with Crippen molar-refractivity contribution in [2.24, 2.45) is 0 Å². The number of hydrogen-bond acceptors (Lipinski definition) is 7. The second kappa shape index (κ2) is 11.9. The summed E-state index contributed by atoms with van der Waals surface area (Å²) in [5, 5.41) is 12.1.